The molecule has 6 heteroatoms. The van der Waals surface area contributed by atoms with Crippen LogP contribution in [0.25, 0.3) is 0 Å². The first kappa shape index (κ1) is 12.4. The number of rotatable bonds is 3. The summed E-state index contributed by atoms with van der Waals surface area (Å²) in [4.78, 5) is 31.0. The number of aldehydes is 1. The van der Waals surface area contributed by atoms with Crippen LogP contribution in [-0.4, -0.2) is 17.1 Å². The quantitative estimate of drug-likeness (QED) is 0.357. The lowest BCUT2D eigenvalue weighted by atomic mass is 10.1. The second-order valence-electron chi connectivity index (χ2n) is 3.09. The van der Waals surface area contributed by atoms with Crippen LogP contribution in [0.2, 0.25) is 0 Å². The summed E-state index contributed by atoms with van der Waals surface area (Å²) >= 11 is 0. The number of amides is 1. The molecule has 0 aliphatic rings. The van der Waals surface area contributed by atoms with Crippen molar-refractivity contribution in [2.24, 2.45) is 5.73 Å². The van der Waals surface area contributed by atoms with Gasteiger partial charge in [-0.15, -0.1) is 0 Å². The van der Waals surface area contributed by atoms with Gasteiger partial charge in [-0.2, -0.15) is 0 Å². The lowest BCUT2D eigenvalue weighted by Gasteiger charge is -1.96. The fourth-order valence-corrected chi connectivity index (χ4v) is 1.13. The Labute approximate surface area is 96.6 Å². The van der Waals surface area contributed by atoms with Crippen molar-refractivity contribution in [3.8, 4) is 11.8 Å². The highest BCUT2D eigenvalue weighted by atomic mass is 16.6. The van der Waals surface area contributed by atoms with E-state index in [0.717, 1.165) is 0 Å². The smallest absolute Gasteiger partial charge is 0.279 e. The van der Waals surface area contributed by atoms with Crippen LogP contribution in [0.3, 0.4) is 0 Å². The predicted octanol–water partition coefficient (Wildman–Crippen LogP) is 0.634. The fraction of sp³-hybridized carbons (Fsp3) is 0.0909. The molecule has 0 radical (unpaired) electrons. The maximum Gasteiger partial charge on any atom is 0.279 e. The second-order valence-corrected chi connectivity index (χ2v) is 3.09. The van der Waals surface area contributed by atoms with Crippen molar-refractivity contribution in [2.45, 2.75) is 6.42 Å². The Morgan fingerprint density at radius 1 is 1.53 bits per heavy atom. The average Bonchev–Trinajstić information content (AvgIpc) is 2.28. The molecular weight excluding hydrogens is 224 g/mol. The normalized spacial score (nSPS) is 8.94. The molecule has 0 fully saturated rings. The van der Waals surface area contributed by atoms with Crippen molar-refractivity contribution in [1.29, 1.82) is 0 Å². The monoisotopic (exact) mass is 232 g/mol. The number of primary amides is 1. The molecule has 0 aromatic heterocycles. The van der Waals surface area contributed by atoms with Gasteiger partial charge in [-0.1, -0.05) is 11.8 Å². The van der Waals surface area contributed by atoms with Crippen molar-refractivity contribution in [3.63, 3.8) is 0 Å². The van der Waals surface area contributed by atoms with Crippen LogP contribution in [0.5, 0.6) is 0 Å². The van der Waals surface area contributed by atoms with Gasteiger partial charge in [0.1, 0.15) is 0 Å². The van der Waals surface area contributed by atoms with E-state index < -0.39 is 10.8 Å². The maximum atomic E-state index is 10.6. The minimum atomic E-state index is -0.648. The SMILES string of the molecule is NC(=O)CC#Cc1ccc([N+](=O)[O-])c(C=O)c1. The molecule has 1 aromatic carbocycles. The number of nitrogens with two attached hydrogens (primary N) is 1. The lowest BCUT2D eigenvalue weighted by molar-refractivity contribution is -0.385. The fourth-order valence-electron chi connectivity index (χ4n) is 1.13. The molecule has 0 saturated carbocycles. The molecule has 17 heavy (non-hydrogen) atoms. The van der Waals surface area contributed by atoms with Gasteiger partial charge in [-0.25, -0.2) is 0 Å². The van der Waals surface area contributed by atoms with E-state index in [1.807, 2.05) is 0 Å². The van der Waals surface area contributed by atoms with Crippen LogP contribution in [0.15, 0.2) is 18.2 Å². The molecule has 0 unspecified atom stereocenters. The highest BCUT2D eigenvalue weighted by Gasteiger charge is 2.12. The van der Waals surface area contributed by atoms with E-state index in [0.29, 0.717) is 11.8 Å². The first-order valence-corrected chi connectivity index (χ1v) is 4.55. The number of benzene rings is 1. The third-order valence-electron chi connectivity index (χ3n) is 1.85. The first-order chi connectivity index (χ1) is 8.04. The zero-order chi connectivity index (χ0) is 12.8. The van der Waals surface area contributed by atoms with Crippen molar-refractivity contribution in [2.75, 3.05) is 0 Å². The minimum absolute atomic E-state index is 0.0547. The topological polar surface area (TPSA) is 103 Å². The number of hydrogen-bond acceptors (Lipinski definition) is 4. The number of nitrogens with zero attached hydrogens (tertiary/aromatic N) is 1. The number of hydrogen-bond donors (Lipinski definition) is 1. The largest absolute Gasteiger partial charge is 0.369 e. The number of carbonyl (C=O) groups is 2. The van der Waals surface area contributed by atoms with Gasteiger partial charge in [0, 0.05) is 11.6 Å². The lowest BCUT2D eigenvalue weighted by Crippen LogP contribution is -2.08. The van der Waals surface area contributed by atoms with E-state index in [9.17, 15) is 19.7 Å². The Hall–Kier alpha value is -2.68. The van der Waals surface area contributed by atoms with Gasteiger partial charge in [-0.05, 0) is 12.1 Å². The van der Waals surface area contributed by atoms with Crippen LogP contribution < -0.4 is 5.73 Å². The molecule has 0 aliphatic heterocycles. The molecule has 6 nitrogen and oxygen atoms in total. The third-order valence-corrected chi connectivity index (χ3v) is 1.85. The van der Waals surface area contributed by atoms with Crippen LogP contribution in [0, 0.1) is 22.0 Å². The molecule has 0 bridgehead atoms. The third kappa shape index (κ3) is 3.43. The molecular formula is C11H8N2O4. The van der Waals surface area contributed by atoms with Gasteiger partial charge in [0.25, 0.3) is 5.69 Å². The Morgan fingerprint density at radius 2 is 2.24 bits per heavy atom. The number of nitro groups is 1. The minimum Gasteiger partial charge on any atom is -0.369 e. The number of nitro benzene ring substituents is 1. The van der Waals surface area contributed by atoms with Crippen LogP contribution in [0.4, 0.5) is 5.69 Å². The van der Waals surface area contributed by atoms with Crippen molar-refractivity contribution in [3.05, 3.63) is 39.4 Å². The molecule has 0 spiro atoms. The average molecular weight is 232 g/mol. The summed E-state index contributed by atoms with van der Waals surface area (Å²) in [6, 6.07) is 3.89. The molecule has 1 rings (SSSR count). The van der Waals surface area contributed by atoms with Crippen molar-refractivity contribution < 1.29 is 14.5 Å². The van der Waals surface area contributed by atoms with E-state index in [1.54, 1.807) is 0 Å². The van der Waals surface area contributed by atoms with Crippen LogP contribution in [0.1, 0.15) is 22.3 Å². The van der Waals surface area contributed by atoms with Crippen LogP contribution >= 0.6 is 0 Å². The molecule has 0 aliphatic carbocycles. The molecule has 2 N–H and O–H groups in total. The summed E-state index contributed by atoms with van der Waals surface area (Å²) in [5.74, 6) is 4.52. The summed E-state index contributed by atoms with van der Waals surface area (Å²) in [5, 5.41) is 10.5. The van der Waals surface area contributed by atoms with E-state index in [1.165, 1.54) is 18.2 Å². The maximum absolute atomic E-state index is 10.6. The molecule has 86 valence electrons. The van der Waals surface area contributed by atoms with E-state index in [2.05, 4.69) is 11.8 Å². The first-order valence-electron chi connectivity index (χ1n) is 4.55. The summed E-state index contributed by atoms with van der Waals surface area (Å²) < 4.78 is 0. The highest BCUT2D eigenvalue weighted by Crippen LogP contribution is 2.17. The Kier molecular flexibility index (Phi) is 3.95. The summed E-state index contributed by atoms with van der Waals surface area (Å²) in [6.45, 7) is 0. The zero-order valence-electron chi connectivity index (χ0n) is 8.67. The summed E-state index contributed by atoms with van der Waals surface area (Å²) in [6.07, 6.45) is 0.283. The van der Waals surface area contributed by atoms with E-state index in [-0.39, 0.29) is 17.7 Å². The molecule has 1 aromatic rings. The van der Waals surface area contributed by atoms with Gasteiger partial charge in [0.2, 0.25) is 5.91 Å². The Bertz CT molecular complexity index is 540. The second kappa shape index (κ2) is 5.42. The Balaban J connectivity index is 3.04. The van der Waals surface area contributed by atoms with Gasteiger partial charge in [-0.3, -0.25) is 19.7 Å². The number of carbonyl (C=O) groups excluding carboxylic acids is 2. The van der Waals surface area contributed by atoms with Gasteiger partial charge >= 0.3 is 0 Å². The van der Waals surface area contributed by atoms with E-state index >= 15 is 0 Å². The standard InChI is InChI=1S/C11H8N2O4/c12-11(15)3-1-2-8-4-5-10(13(16)17)9(6-8)7-14/h4-7H,3H2,(H2,12,15). The van der Waals surface area contributed by atoms with Crippen LogP contribution in [-0.2, 0) is 4.79 Å². The Morgan fingerprint density at radius 3 is 2.76 bits per heavy atom. The van der Waals surface area contributed by atoms with E-state index in [4.69, 9.17) is 5.73 Å². The van der Waals surface area contributed by atoms with Crippen molar-refractivity contribution >= 4 is 17.9 Å². The zero-order valence-corrected chi connectivity index (χ0v) is 8.67. The van der Waals surface area contributed by atoms with Gasteiger partial charge in [0.05, 0.1) is 16.9 Å². The van der Waals surface area contributed by atoms with Gasteiger partial charge in [0.15, 0.2) is 6.29 Å². The summed E-state index contributed by atoms with van der Waals surface area (Å²) in [5.41, 5.74) is 4.97. The molecule has 0 atom stereocenters. The predicted molar refractivity (Wildman–Crippen MR) is 59.2 cm³/mol. The molecule has 1 amide bonds. The summed E-state index contributed by atoms with van der Waals surface area (Å²) in [7, 11) is 0. The van der Waals surface area contributed by atoms with Gasteiger partial charge < -0.3 is 5.73 Å². The molecule has 0 heterocycles. The highest BCUT2D eigenvalue weighted by molar-refractivity contribution is 5.82. The molecule has 0 saturated heterocycles. The van der Waals surface area contributed by atoms with Crippen molar-refractivity contribution in [1.82, 2.24) is 0 Å².